The topological polar surface area (TPSA) is 57.2 Å². The summed E-state index contributed by atoms with van der Waals surface area (Å²) in [6.07, 6.45) is 4.52. The third kappa shape index (κ3) is 4.47. The number of nitrogens with zero attached hydrogens (tertiary/aromatic N) is 1. The maximum absolute atomic E-state index is 13.0. The second-order valence-electron chi connectivity index (χ2n) is 7.16. The molecule has 0 aromatic heterocycles. The quantitative estimate of drug-likeness (QED) is 0.438. The largest absolute Gasteiger partial charge is 0.493 e. The lowest BCUT2D eigenvalue weighted by Crippen LogP contribution is -2.30. The lowest BCUT2D eigenvalue weighted by atomic mass is 10.1. The molecule has 6 nitrogen and oxygen atoms in total. The molecule has 0 unspecified atom stereocenters. The van der Waals surface area contributed by atoms with Crippen molar-refractivity contribution >= 4 is 40.3 Å². The highest BCUT2D eigenvalue weighted by Gasteiger charge is 2.32. The normalized spacial score (nSPS) is 16.5. The first-order chi connectivity index (χ1) is 15.5. The molecule has 0 radical (unpaired) electrons. The summed E-state index contributed by atoms with van der Waals surface area (Å²) in [6, 6.07) is 11.5. The number of hydrogen-bond acceptors (Lipinski definition) is 7. The smallest absolute Gasteiger partial charge is 0.266 e. The van der Waals surface area contributed by atoms with Gasteiger partial charge in [0.2, 0.25) is 0 Å². The summed E-state index contributed by atoms with van der Waals surface area (Å²) in [5.74, 6) is 2.66. The average molecular weight is 470 g/mol. The van der Waals surface area contributed by atoms with Crippen molar-refractivity contribution in [2.24, 2.45) is 0 Å². The van der Waals surface area contributed by atoms with Gasteiger partial charge in [-0.05, 0) is 47.9 Å². The Balaban J connectivity index is 1.47. The highest BCUT2D eigenvalue weighted by Crippen LogP contribution is 2.38. The van der Waals surface area contributed by atoms with Crippen molar-refractivity contribution in [2.45, 2.75) is 6.42 Å². The first-order valence-electron chi connectivity index (χ1n) is 10.0. The van der Waals surface area contributed by atoms with Crippen molar-refractivity contribution in [1.82, 2.24) is 4.90 Å². The number of carbonyl (C=O) groups is 1. The van der Waals surface area contributed by atoms with Crippen LogP contribution in [-0.4, -0.2) is 49.6 Å². The number of fused-ring (bicyclic) bond motifs is 1. The number of ether oxygens (including phenoxy) is 4. The van der Waals surface area contributed by atoms with Crippen molar-refractivity contribution < 1.29 is 23.7 Å². The van der Waals surface area contributed by atoms with E-state index in [0.29, 0.717) is 46.0 Å². The molecule has 0 saturated carbocycles. The molecular formula is C24H23NO5S2. The van der Waals surface area contributed by atoms with E-state index in [9.17, 15) is 4.79 Å². The van der Waals surface area contributed by atoms with Crippen LogP contribution < -0.4 is 18.9 Å². The lowest BCUT2D eigenvalue weighted by Gasteiger charge is -2.18. The molecule has 2 heterocycles. The predicted octanol–water partition coefficient (Wildman–Crippen LogP) is 4.48. The Morgan fingerprint density at radius 2 is 1.88 bits per heavy atom. The van der Waals surface area contributed by atoms with Gasteiger partial charge in [0.25, 0.3) is 5.91 Å². The zero-order valence-corrected chi connectivity index (χ0v) is 19.7. The van der Waals surface area contributed by atoms with Crippen LogP contribution in [0, 0.1) is 0 Å². The van der Waals surface area contributed by atoms with Gasteiger partial charge in [0.15, 0.2) is 23.0 Å². The number of methoxy groups -OCH3 is 3. The molecule has 2 aliphatic heterocycles. The summed E-state index contributed by atoms with van der Waals surface area (Å²) in [5.41, 5.74) is 2.87. The molecule has 32 heavy (non-hydrogen) atoms. The Hall–Kier alpha value is -2.97. The SMILES string of the molecule is COc1ccc(CCN2C(=O)C(=CC3=Cc4cccc(OC)c4OC3)SC2=S)cc1OC. The van der Waals surface area contributed by atoms with E-state index < -0.39 is 0 Å². The van der Waals surface area contributed by atoms with E-state index in [1.165, 1.54) is 11.8 Å². The highest BCUT2D eigenvalue weighted by atomic mass is 32.2. The van der Waals surface area contributed by atoms with E-state index >= 15 is 0 Å². The fourth-order valence-electron chi connectivity index (χ4n) is 3.58. The third-order valence-electron chi connectivity index (χ3n) is 5.22. The van der Waals surface area contributed by atoms with Gasteiger partial charge in [0, 0.05) is 12.1 Å². The summed E-state index contributed by atoms with van der Waals surface area (Å²) in [5, 5.41) is 0. The summed E-state index contributed by atoms with van der Waals surface area (Å²) in [6.45, 7) is 0.857. The van der Waals surface area contributed by atoms with Gasteiger partial charge in [0.05, 0.1) is 26.2 Å². The van der Waals surface area contributed by atoms with Crippen LogP contribution in [0.25, 0.3) is 6.08 Å². The van der Waals surface area contributed by atoms with Crippen molar-refractivity contribution in [3.8, 4) is 23.0 Å². The van der Waals surface area contributed by atoms with Crippen molar-refractivity contribution in [1.29, 1.82) is 0 Å². The number of carbonyl (C=O) groups excluding carboxylic acids is 1. The summed E-state index contributed by atoms with van der Waals surface area (Å²) in [7, 11) is 4.82. The Kier molecular flexibility index (Phi) is 6.72. The second-order valence-corrected chi connectivity index (χ2v) is 8.84. The van der Waals surface area contributed by atoms with Crippen molar-refractivity contribution in [3.05, 3.63) is 64.1 Å². The molecule has 2 aromatic carbocycles. The number of para-hydroxylation sites is 1. The van der Waals surface area contributed by atoms with Gasteiger partial charge >= 0.3 is 0 Å². The molecular weight excluding hydrogens is 446 g/mol. The van der Waals surface area contributed by atoms with Gasteiger partial charge in [-0.25, -0.2) is 0 Å². The maximum atomic E-state index is 13.0. The summed E-state index contributed by atoms with van der Waals surface area (Å²) < 4.78 is 22.4. The standard InChI is InChI=1S/C24H23NO5S2/c1-27-18-8-7-15(12-20(18)29-3)9-10-25-23(26)21(32-24(25)31)13-16-11-17-5-4-6-19(28-2)22(17)30-14-16/h4-8,11-13H,9-10,14H2,1-3H3. The minimum absolute atomic E-state index is 0.0854. The molecule has 166 valence electrons. The number of hydrogen-bond donors (Lipinski definition) is 0. The molecule has 0 atom stereocenters. The van der Waals surface area contributed by atoms with Crippen molar-refractivity contribution in [2.75, 3.05) is 34.5 Å². The summed E-state index contributed by atoms with van der Waals surface area (Å²) >= 11 is 6.79. The van der Waals surface area contributed by atoms with E-state index in [1.54, 1.807) is 26.2 Å². The molecule has 2 aromatic rings. The number of amides is 1. The van der Waals surface area contributed by atoms with Crippen LogP contribution in [0.4, 0.5) is 0 Å². The van der Waals surface area contributed by atoms with Crippen LogP contribution in [0.15, 0.2) is 53.0 Å². The minimum atomic E-state index is -0.0854. The Labute approximate surface area is 196 Å². The lowest BCUT2D eigenvalue weighted by molar-refractivity contribution is -0.122. The third-order valence-corrected chi connectivity index (χ3v) is 6.59. The predicted molar refractivity (Wildman–Crippen MR) is 130 cm³/mol. The Bertz CT molecular complexity index is 1130. The zero-order valence-electron chi connectivity index (χ0n) is 18.0. The molecule has 0 bridgehead atoms. The Morgan fingerprint density at radius 1 is 1.09 bits per heavy atom. The van der Waals surface area contributed by atoms with Crippen LogP contribution in [-0.2, 0) is 11.2 Å². The first-order valence-corrected chi connectivity index (χ1v) is 11.2. The van der Waals surface area contributed by atoms with E-state index in [1.807, 2.05) is 48.6 Å². The number of rotatable bonds is 7. The van der Waals surface area contributed by atoms with Crippen molar-refractivity contribution in [3.63, 3.8) is 0 Å². The van der Waals surface area contributed by atoms with Crippen LogP contribution in [0.2, 0.25) is 0 Å². The van der Waals surface area contributed by atoms with Gasteiger partial charge < -0.3 is 18.9 Å². The highest BCUT2D eigenvalue weighted by molar-refractivity contribution is 8.26. The zero-order chi connectivity index (χ0) is 22.7. The maximum Gasteiger partial charge on any atom is 0.266 e. The van der Waals surface area contributed by atoms with Crippen LogP contribution >= 0.6 is 24.0 Å². The van der Waals surface area contributed by atoms with Gasteiger partial charge in [-0.1, -0.05) is 42.2 Å². The molecule has 0 spiro atoms. The molecule has 0 N–H and O–H groups in total. The molecule has 1 fully saturated rings. The van der Waals surface area contributed by atoms with Gasteiger partial charge in [0.1, 0.15) is 10.9 Å². The number of benzene rings is 2. The minimum Gasteiger partial charge on any atom is -0.493 e. The summed E-state index contributed by atoms with van der Waals surface area (Å²) in [4.78, 5) is 15.2. The van der Waals surface area contributed by atoms with Crippen LogP contribution in [0.1, 0.15) is 11.1 Å². The molecule has 4 rings (SSSR count). The number of thioether (sulfide) groups is 1. The van der Waals surface area contributed by atoms with Gasteiger partial charge in [-0.3, -0.25) is 9.69 Å². The molecule has 0 aliphatic carbocycles. The number of thiocarbonyl (C=S) groups is 1. The molecule has 1 saturated heterocycles. The van der Waals surface area contributed by atoms with E-state index in [0.717, 1.165) is 22.4 Å². The van der Waals surface area contributed by atoms with Gasteiger partial charge in [-0.15, -0.1) is 0 Å². The monoisotopic (exact) mass is 469 g/mol. The van der Waals surface area contributed by atoms with E-state index in [2.05, 4.69) is 0 Å². The second kappa shape index (κ2) is 9.67. The fourth-order valence-corrected chi connectivity index (χ4v) is 4.90. The molecule has 8 heteroatoms. The van der Waals surface area contributed by atoms with E-state index in [-0.39, 0.29) is 5.91 Å². The molecule has 2 aliphatic rings. The fraction of sp³-hybridized carbons (Fsp3) is 0.250. The van der Waals surface area contributed by atoms with Crippen LogP contribution in [0.3, 0.4) is 0 Å². The first kappa shape index (κ1) is 22.2. The van der Waals surface area contributed by atoms with Gasteiger partial charge in [-0.2, -0.15) is 0 Å². The molecule has 1 amide bonds. The average Bonchev–Trinajstić information content (AvgIpc) is 3.08. The van der Waals surface area contributed by atoms with Crippen LogP contribution in [0.5, 0.6) is 23.0 Å². The Morgan fingerprint density at radius 3 is 2.62 bits per heavy atom. The van der Waals surface area contributed by atoms with E-state index in [4.69, 9.17) is 31.2 Å².